The molecule has 1 atom stereocenters. The SMILES string of the molecule is C#CCC(C(=O)O)C1CCCCC1. The van der Waals surface area contributed by atoms with Gasteiger partial charge < -0.3 is 5.11 Å². The minimum atomic E-state index is -0.718. The van der Waals surface area contributed by atoms with Crippen LogP contribution in [0.2, 0.25) is 0 Å². The normalized spacial score (nSPS) is 20.5. The molecule has 0 amide bonds. The summed E-state index contributed by atoms with van der Waals surface area (Å²) >= 11 is 0. The lowest BCUT2D eigenvalue weighted by Crippen LogP contribution is -2.25. The van der Waals surface area contributed by atoms with Crippen LogP contribution >= 0.6 is 0 Å². The van der Waals surface area contributed by atoms with Gasteiger partial charge in [0.2, 0.25) is 0 Å². The molecular weight excluding hydrogens is 164 g/mol. The van der Waals surface area contributed by atoms with E-state index >= 15 is 0 Å². The summed E-state index contributed by atoms with van der Waals surface area (Å²) in [6.07, 6.45) is 11.2. The van der Waals surface area contributed by atoms with Gasteiger partial charge in [-0.3, -0.25) is 4.79 Å². The first-order valence-corrected chi connectivity index (χ1v) is 4.92. The van der Waals surface area contributed by atoms with Gasteiger partial charge in [0.25, 0.3) is 0 Å². The van der Waals surface area contributed by atoms with Gasteiger partial charge in [0.1, 0.15) is 0 Å². The van der Waals surface area contributed by atoms with E-state index in [2.05, 4.69) is 5.92 Å². The van der Waals surface area contributed by atoms with Gasteiger partial charge >= 0.3 is 5.97 Å². The zero-order chi connectivity index (χ0) is 9.68. The van der Waals surface area contributed by atoms with E-state index in [0.717, 1.165) is 12.8 Å². The maximum Gasteiger partial charge on any atom is 0.307 e. The highest BCUT2D eigenvalue weighted by molar-refractivity contribution is 5.70. The molecule has 0 spiro atoms. The molecule has 0 aromatic rings. The van der Waals surface area contributed by atoms with Crippen molar-refractivity contribution in [3.8, 4) is 12.3 Å². The van der Waals surface area contributed by atoms with Crippen molar-refractivity contribution in [2.45, 2.75) is 38.5 Å². The van der Waals surface area contributed by atoms with Crippen LogP contribution in [0.4, 0.5) is 0 Å². The van der Waals surface area contributed by atoms with E-state index in [1.807, 2.05) is 0 Å². The molecule has 0 bridgehead atoms. The van der Waals surface area contributed by atoms with Gasteiger partial charge in [0.15, 0.2) is 0 Å². The van der Waals surface area contributed by atoms with Crippen molar-refractivity contribution >= 4 is 5.97 Å². The van der Waals surface area contributed by atoms with Crippen molar-refractivity contribution in [1.82, 2.24) is 0 Å². The second-order valence-corrected chi connectivity index (χ2v) is 3.75. The van der Waals surface area contributed by atoms with Crippen molar-refractivity contribution in [2.24, 2.45) is 11.8 Å². The van der Waals surface area contributed by atoms with Crippen molar-refractivity contribution < 1.29 is 9.90 Å². The Kier molecular flexibility index (Phi) is 3.82. The van der Waals surface area contributed by atoms with Crippen LogP contribution in [0.5, 0.6) is 0 Å². The molecule has 13 heavy (non-hydrogen) atoms. The van der Waals surface area contributed by atoms with Crippen molar-refractivity contribution in [1.29, 1.82) is 0 Å². The van der Waals surface area contributed by atoms with E-state index in [0.29, 0.717) is 12.3 Å². The number of carboxylic acids is 1. The van der Waals surface area contributed by atoms with E-state index < -0.39 is 5.97 Å². The smallest absolute Gasteiger partial charge is 0.307 e. The molecule has 1 saturated carbocycles. The molecule has 0 radical (unpaired) electrons. The van der Waals surface area contributed by atoms with Crippen LogP contribution in [-0.4, -0.2) is 11.1 Å². The summed E-state index contributed by atoms with van der Waals surface area (Å²) < 4.78 is 0. The quantitative estimate of drug-likeness (QED) is 0.676. The lowest BCUT2D eigenvalue weighted by Gasteiger charge is -2.26. The highest BCUT2D eigenvalue weighted by Gasteiger charge is 2.28. The average molecular weight is 180 g/mol. The molecule has 2 heteroatoms. The van der Waals surface area contributed by atoms with E-state index in [1.165, 1.54) is 19.3 Å². The Bertz CT molecular complexity index is 209. The fraction of sp³-hybridized carbons (Fsp3) is 0.727. The summed E-state index contributed by atoms with van der Waals surface area (Å²) in [6, 6.07) is 0. The van der Waals surface area contributed by atoms with E-state index in [-0.39, 0.29) is 5.92 Å². The van der Waals surface area contributed by atoms with Crippen LogP contribution in [0.1, 0.15) is 38.5 Å². The molecule has 1 rings (SSSR count). The third-order valence-corrected chi connectivity index (χ3v) is 2.87. The van der Waals surface area contributed by atoms with Gasteiger partial charge in [-0.1, -0.05) is 19.3 Å². The molecule has 1 aliphatic carbocycles. The molecule has 0 saturated heterocycles. The zero-order valence-corrected chi connectivity index (χ0v) is 7.83. The van der Waals surface area contributed by atoms with Gasteiger partial charge in [0, 0.05) is 6.42 Å². The van der Waals surface area contributed by atoms with Crippen molar-refractivity contribution in [3.05, 3.63) is 0 Å². The Labute approximate surface area is 79.3 Å². The van der Waals surface area contributed by atoms with Crippen LogP contribution in [0, 0.1) is 24.2 Å². The minimum absolute atomic E-state index is 0.301. The lowest BCUT2D eigenvalue weighted by atomic mass is 9.79. The van der Waals surface area contributed by atoms with E-state index in [1.54, 1.807) is 0 Å². The Morgan fingerprint density at radius 3 is 2.54 bits per heavy atom. The highest BCUT2D eigenvalue weighted by Crippen LogP contribution is 2.31. The molecule has 2 nitrogen and oxygen atoms in total. The summed E-state index contributed by atoms with van der Waals surface area (Å²) in [5, 5.41) is 8.96. The van der Waals surface area contributed by atoms with Crippen LogP contribution in [0.25, 0.3) is 0 Å². The standard InChI is InChI=1S/C11H16O2/c1-2-6-10(11(12)13)9-7-4-3-5-8-9/h1,9-10H,3-8H2,(H,12,13). The Balaban J connectivity index is 2.52. The first-order chi connectivity index (χ1) is 6.25. The molecule has 0 aromatic heterocycles. The number of hydrogen-bond donors (Lipinski definition) is 1. The second kappa shape index (κ2) is 4.91. The third-order valence-electron chi connectivity index (χ3n) is 2.87. The van der Waals surface area contributed by atoms with Gasteiger partial charge in [0.05, 0.1) is 5.92 Å². The van der Waals surface area contributed by atoms with Crippen LogP contribution in [0.15, 0.2) is 0 Å². The third kappa shape index (κ3) is 2.77. The number of carbonyl (C=O) groups is 1. The summed E-state index contributed by atoms with van der Waals surface area (Å²) in [5.41, 5.74) is 0. The zero-order valence-electron chi connectivity index (χ0n) is 7.83. The predicted molar refractivity (Wildman–Crippen MR) is 51.2 cm³/mol. The fourth-order valence-electron chi connectivity index (χ4n) is 2.12. The molecule has 72 valence electrons. The fourth-order valence-corrected chi connectivity index (χ4v) is 2.12. The van der Waals surface area contributed by atoms with Gasteiger partial charge in [-0.05, 0) is 18.8 Å². The van der Waals surface area contributed by atoms with Crippen molar-refractivity contribution in [3.63, 3.8) is 0 Å². The summed E-state index contributed by atoms with van der Waals surface area (Å²) in [5.74, 6) is 1.77. The Hall–Kier alpha value is -0.970. The highest BCUT2D eigenvalue weighted by atomic mass is 16.4. The van der Waals surface area contributed by atoms with Gasteiger partial charge in [-0.2, -0.15) is 0 Å². The van der Waals surface area contributed by atoms with Gasteiger partial charge in [-0.15, -0.1) is 12.3 Å². The molecule has 0 aliphatic heterocycles. The first-order valence-electron chi connectivity index (χ1n) is 4.92. The predicted octanol–water partition coefficient (Wildman–Crippen LogP) is 2.29. The Morgan fingerprint density at radius 1 is 1.46 bits per heavy atom. The number of terminal acetylenes is 1. The molecule has 1 N–H and O–H groups in total. The molecule has 0 heterocycles. The molecule has 1 fully saturated rings. The first kappa shape index (κ1) is 10.1. The van der Waals surface area contributed by atoms with Gasteiger partial charge in [-0.25, -0.2) is 0 Å². The molecular formula is C11H16O2. The summed E-state index contributed by atoms with van der Waals surface area (Å²) in [7, 11) is 0. The largest absolute Gasteiger partial charge is 0.481 e. The molecule has 0 aromatic carbocycles. The summed E-state index contributed by atoms with van der Waals surface area (Å²) in [6.45, 7) is 0. The van der Waals surface area contributed by atoms with Crippen LogP contribution < -0.4 is 0 Å². The molecule has 1 unspecified atom stereocenters. The Morgan fingerprint density at radius 2 is 2.08 bits per heavy atom. The maximum absolute atomic E-state index is 10.9. The van der Waals surface area contributed by atoms with E-state index in [9.17, 15) is 4.79 Å². The number of aliphatic carboxylic acids is 1. The number of carboxylic acid groups (broad SMARTS) is 1. The lowest BCUT2D eigenvalue weighted by molar-refractivity contribution is -0.143. The minimum Gasteiger partial charge on any atom is -0.481 e. The van der Waals surface area contributed by atoms with E-state index in [4.69, 9.17) is 11.5 Å². The topological polar surface area (TPSA) is 37.3 Å². The van der Waals surface area contributed by atoms with Crippen LogP contribution in [0.3, 0.4) is 0 Å². The number of rotatable bonds is 3. The van der Waals surface area contributed by atoms with Crippen LogP contribution in [-0.2, 0) is 4.79 Å². The molecule has 1 aliphatic rings. The maximum atomic E-state index is 10.9. The monoisotopic (exact) mass is 180 g/mol. The second-order valence-electron chi connectivity index (χ2n) is 3.75. The summed E-state index contributed by atoms with van der Waals surface area (Å²) in [4.78, 5) is 10.9. The van der Waals surface area contributed by atoms with Crippen molar-refractivity contribution in [2.75, 3.05) is 0 Å². The number of hydrogen-bond acceptors (Lipinski definition) is 1. The average Bonchev–Trinajstić information content (AvgIpc) is 2.15.